The molecule has 97 heavy (non-hydrogen) atoms. The molecular weight excluding hydrogens is 1280 g/mol. The average molecular weight is 1420 g/mol. The maximum atomic E-state index is 14.3. The van der Waals surface area contributed by atoms with Gasteiger partial charge in [-0.25, -0.2) is 4.57 Å². The molecule has 18 unspecified atom stereocenters. The molecule has 0 aromatic rings. The fraction of sp³-hybridized carbons (Fsp3) is 0.958. The standard InChI is InChI=1S/C72H135O24P/c1-4-7-10-13-16-19-22-25-27-28-30-33-36-39-42-45-48-58(76)91-53(50-88-56(74)46-43-40-37-35-32-29-26-23-20-17-14-11-8-5-2)51-90-97(86,87)96-70-68(94-71-66(84)61(79)59(77)54(49-73)92-71)64(82)63(81)65(83)69(70)95-72-67(85)62(80)60(78)55(93-72)52-89-57(75)47-44-41-38-34-31-24-21-18-15-12-9-6-3/h53-55,59-73,77-85H,4-52H2,1-3H3,(H,86,87). The molecule has 2 heterocycles. The average Bonchev–Trinajstić information content (AvgIpc) is 0.764. The van der Waals surface area contributed by atoms with E-state index in [9.17, 15) is 74.9 Å². The first-order chi connectivity index (χ1) is 46.8. The predicted octanol–water partition coefficient (Wildman–Crippen LogP) is 10.6. The minimum Gasteiger partial charge on any atom is -0.463 e. The Labute approximate surface area is 580 Å². The number of esters is 3. The first-order valence-corrected chi connectivity index (χ1v) is 39.8. The Morgan fingerprint density at radius 2 is 0.660 bits per heavy atom. The third-order valence-electron chi connectivity index (χ3n) is 19.1. The highest BCUT2D eigenvalue weighted by Gasteiger charge is 2.58. The van der Waals surface area contributed by atoms with Crippen LogP contribution in [0.1, 0.15) is 310 Å². The van der Waals surface area contributed by atoms with Crippen molar-refractivity contribution in [1.29, 1.82) is 0 Å². The summed E-state index contributed by atoms with van der Waals surface area (Å²) in [7, 11) is -5.69. The highest BCUT2D eigenvalue weighted by Crippen LogP contribution is 2.49. The Hall–Kier alpha value is -2.04. The van der Waals surface area contributed by atoms with Gasteiger partial charge >= 0.3 is 25.7 Å². The number of carbonyl (C=O) groups is 3. The van der Waals surface area contributed by atoms with Gasteiger partial charge in [0, 0.05) is 19.3 Å². The van der Waals surface area contributed by atoms with E-state index < -0.39 is 156 Å². The molecule has 24 nitrogen and oxygen atoms in total. The molecule has 0 aromatic heterocycles. The third kappa shape index (κ3) is 37.8. The second kappa shape index (κ2) is 54.6. The highest BCUT2D eigenvalue weighted by atomic mass is 31.2. The van der Waals surface area contributed by atoms with E-state index in [1.807, 2.05) is 0 Å². The van der Waals surface area contributed by atoms with Crippen LogP contribution in [0.2, 0.25) is 0 Å². The summed E-state index contributed by atoms with van der Waals surface area (Å²) in [6.45, 7) is 3.47. The minimum absolute atomic E-state index is 0.0328. The maximum absolute atomic E-state index is 14.3. The first kappa shape index (κ1) is 89.2. The molecule has 3 aliphatic rings. The smallest absolute Gasteiger partial charge is 0.463 e. The van der Waals surface area contributed by atoms with Gasteiger partial charge in [0.05, 0.1) is 13.2 Å². The Morgan fingerprint density at radius 1 is 0.361 bits per heavy atom. The fourth-order valence-corrected chi connectivity index (χ4v) is 13.8. The van der Waals surface area contributed by atoms with E-state index in [-0.39, 0.29) is 19.3 Å². The lowest BCUT2D eigenvalue weighted by atomic mass is 9.84. The second-order valence-electron chi connectivity index (χ2n) is 27.7. The van der Waals surface area contributed by atoms with Crippen LogP contribution in [0.4, 0.5) is 0 Å². The lowest BCUT2D eigenvalue weighted by Crippen LogP contribution is -2.69. The molecule has 0 bridgehead atoms. The fourth-order valence-electron chi connectivity index (χ4n) is 12.9. The van der Waals surface area contributed by atoms with E-state index in [4.69, 9.17) is 42.2 Å². The Morgan fingerprint density at radius 3 is 1.01 bits per heavy atom. The van der Waals surface area contributed by atoms with Gasteiger partial charge in [-0.1, -0.05) is 271 Å². The van der Waals surface area contributed by atoms with Crippen molar-refractivity contribution in [3.8, 4) is 0 Å². The molecule has 2 aliphatic heterocycles. The molecule has 18 atom stereocenters. The number of unbranched alkanes of at least 4 members (excludes halogenated alkanes) is 39. The Bertz CT molecular complexity index is 2010. The van der Waals surface area contributed by atoms with Crippen LogP contribution >= 0.6 is 7.82 Å². The van der Waals surface area contributed by atoms with Gasteiger partial charge in [-0.3, -0.25) is 23.4 Å². The SMILES string of the molecule is CCCCCCCCCCCCCCCCCCC(=O)OC(COC(=O)CCCCCCCCCCCCCCCC)COP(=O)(O)OC1C(OC2OC(CO)C(O)C(O)C2O)C(O)C(O)C(O)C1OC1OC(COC(=O)CCCCCCCCCCCCCC)C(O)C(O)C1O. The van der Waals surface area contributed by atoms with Gasteiger partial charge in [-0.2, -0.15) is 0 Å². The Balaban J connectivity index is 1.73. The van der Waals surface area contributed by atoms with Crippen molar-refractivity contribution >= 4 is 25.7 Å². The Kier molecular flexibility index (Phi) is 50.2. The summed E-state index contributed by atoms with van der Waals surface area (Å²) in [4.78, 5) is 51.0. The minimum atomic E-state index is -5.69. The van der Waals surface area contributed by atoms with E-state index in [2.05, 4.69) is 20.8 Å². The van der Waals surface area contributed by atoms with Gasteiger partial charge in [0.1, 0.15) is 98.7 Å². The largest absolute Gasteiger partial charge is 0.472 e. The summed E-state index contributed by atoms with van der Waals surface area (Å²) in [5.41, 5.74) is 0. The summed E-state index contributed by atoms with van der Waals surface area (Å²) in [6.07, 6.45) is 11.6. The summed E-state index contributed by atoms with van der Waals surface area (Å²) in [6, 6.07) is 0. The first-order valence-electron chi connectivity index (χ1n) is 38.3. The van der Waals surface area contributed by atoms with Crippen molar-refractivity contribution in [2.75, 3.05) is 26.4 Å². The molecule has 11 N–H and O–H groups in total. The lowest BCUT2D eigenvalue weighted by molar-refractivity contribution is -0.360. The van der Waals surface area contributed by atoms with Gasteiger partial charge in [0.15, 0.2) is 18.7 Å². The van der Waals surface area contributed by atoms with Crippen molar-refractivity contribution in [1.82, 2.24) is 0 Å². The molecule has 1 saturated carbocycles. The van der Waals surface area contributed by atoms with E-state index >= 15 is 0 Å². The molecule has 3 fully saturated rings. The van der Waals surface area contributed by atoms with E-state index in [1.54, 1.807) is 0 Å². The lowest BCUT2D eigenvalue weighted by Gasteiger charge is -2.49. The number of aliphatic hydroxyl groups excluding tert-OH is 10. The number of hydrogen-bond donors (Lipinski definition) is 11. The topological polar surface area (TPSA) is 374 Å². The van der Waals surface area contributed by atoms with Gasteiger partial charge in [0.2, 0.25) is 0 Å². The molecule has 3 rings (SSSR count). The van der Waals surface area contributed by atoms with Crippen molar-refractivity contribution in [3.05, 3.63) is 0 Å². The second-order valence-corrected chi connectivity index (χ2v) is 29.1. The number of rotatable bonds is 60. The van der Waals surface area contributed by atoms with Crippen LogP contribution in [-0.2, 0) is 61.2 Å². The molecule has 0 amide bonds. The zero-order valence-electron chi connectivity index (χ0n) is 59.6. The van der Waals surface area contributed by atoms with Crippen molar-refractivity contribution in [3.63, 3.8) is 0 Å². The highest BCUT2D eigenvalue weighted by molar-refractivity contribution is 7.47. The number of hydrogen-bond acceptors (Lipinski definition) is 23. The summed E-state index contributed by atoms with van der Waals surface area (Å²) >= 11 is 0. The third-order valence-corrected chi connectivity index (χ3v) is 20.1. The van der Waals surface area contributed by atoms with Gasteiger partial charge in [0.25, 0.3) is 0 Å². The maximum Gasteiger partial charge on any atom is 0.472 e. The molecule has 0 spiro atoms. The molecule has 25 heteroatoms. The summed E-state index contributed by atoms with van der Waals surface area (Å²) < 4.78 is 65.1. The number of phosphoric ester groups is 1. The molecular formula is C72H135O24P. The van der Waals surface area contributed by atoms with Crippen LogP contribution < -0.4 is 0 Å². The van der Waals surface area contributed by atoms with Crippen molar-refractivity contribution in [2.24, 2.45) is 0 Å². The van der Waals surface area contributed by atoms with Crippen LogP contribution in [0.25, 0.3) is 0 Å². The van der Waals surface area contributed by atoms with Crippen LogP contribution in [0.3, 0.4) is 0 Å². The van der Waals surface area contributed by atoms with Gasteiger partial charge < -0.3 is 89.1 Å². The normalized spacial score (nSPS) is 27.7. The van der Waals surface area contributed by atoms with Crippen LogP contribution in [-0.4, -0.2) is 204 Å². The number of aliphatic hydroxyl groups is 10. The molecule has 2 saturated heterocycles. The molecule has 0 aromatic carbocycles. The molecule has 0 radical (unpaired) electrons. The number of carbonyl (C=O) groups excluding carboxylic acids is 3. The zero-order chi connectivity index (χ0) is 71.1. The van der Waals surface area contributed by atoms with Crippen LogP contribution in [0.15, 0.2) is 0 Å². The summed E-state index contributed by atoms with van der Waals surface area (Å²) in [5.74, 6) is -1.97. The van der Waals surface area contributed by atoms with Gasteiger partial charge in [-0.05, 0) is 19.3 Å². The molecule has 572 valence electrons. The van der Waals surface area contributed by atoms with E-state index in [0.29, 0.717) is 19.3 Å². The number of ether oxygens (including phenoxy) is 7. The molecule has 1 aliphatic carbocycles. The van der Waals surface area contributed by atoms with Gasteiger partial charge in [-0.15, -0.1) is 0 Å². The quantitative estimate of drug-likeness (QED) is 0.0117. The monoisotopic (exact) mass is 1410 g/mol. The van der Waals surface area contributed by atoms with E-state index in [0.717, 1.165) is 89.9 Å². The zero-order valence-corrected chi connectivity index (χ0v) is 60.5. The van der Waals surface area contributed by atoms with Crippen molar-refractivity contribution in [2.45, 2.75) is 414 Å². The van der Waals surface area contributed by atoms with E-state index in [1.165, 1.54) is 161 Å². The number of phosphoric acid groups is 1. The van der Waals surface area contributed by atoms with Crippen LogP contribution in [0.5, 0.6) is 0 Å². The van der Waals surface area contributed by atoms with Crippen molar-refractivity contribution < 1.29 is 117 Å². The summed E-state index contributed by atoms with van der Waals surface area (Å²) in [5, 5.41) is 110. The van der Waals surface area contributed by atoms with Crippen LogP contribution in [0, 0.1) is 0 Å². The predicted molar refractivity (Wildman–Crippen MR) is 365 cm³/mol.